The average Bonchev–Trinajstić information content (AvgIpc) is 2.98. The van der Waals surface area contributed by atoms with Gasteiger partial charge in [0.1, 0.15) is 0 Å². The molecule has 0 saturated heterocycles. The van der Waals surface area contributed by atoms with E-state index in [9.17, 15) is 0 Å². The fraction of sp³-hybridized carbons (Fsp3) is 0.400. The molecule has 0 aliphatic heterocycles. The zero-order valence-electron chi connectivity index (χ0n) is 11.6. The Morgan fingerprint density at radius 1 is 0.833 bits per heavy atom. The summed E-state index contributed by atoms with van der Waals surface area (Å²) in [5, 5.41) is 0. The molecule has 2 aliphatic carbocycles. The second-order valence-electron chi connectivity index (χ2n) is 3.01. The Morgan fingerprint density at radius 3 is 1.17 bits per heavy atom. The van der Waals surface area contributed by atoms with Gasteiger partial charge in [0, 0.05) is 0 Å². The Morgan fingerprint density at radius 2 is 1.11 bits per heavy atom. The molecule has 2 unspecified atom stereocenters. The standard InChI is InChI=1S/2C6H7.C2H6.CH2.2ClH.Ti/c2*1-6-4-2-3-5-6;1-2;;;;/h2*2-4,6H,1H3;1-2H3;1H2;2*1H;/q2*-1;;;;;+2/p-2. The van der Waals surface area contributed by atoms with Crippen LogP contribution in [0, 0.1) is 24.0 Å². The molecule has 0 radical (unpaired) electrons. The average molecular weight is 321 g/mol. The Bertz CT molecular complexity index is 205. The van der Waals surface area contributed by atoms with Crippen molar-refractivity contribution in [3.05, 3.63) is 48.6 Å². The summed E-state index contributed by atoms with van der Waals surface area (Å²) in [5.74, 6) is 1.12. The predicted octanol–water partition coefficient (Wildman–Crippen LogP) is -1.90. The van der Waals surface area contributed by atoms with Gasteiger partial charge >= 0.3 is 24.8 Å². The summed E-state index contributed by atoms with van der Waals surface area (Å²) in [5.41, 5.74) is 0. The first-order valence-corrected chi connectivity index (χ1v) is 6.77. The molecule has 0 heterocycles. The quantitative estimate of drug-likeness (QED) is 0.361. The molecule has 0 amide bonds. The van der Waals surface area contributed by atoms with E-state index in [0.717, 1.165) is 0 Å². The van der Waals surface area contributed by atoms with Crippen LogP contribution in [0.15, 0.2) is 36.5 Å². The molecule has 0 aromatic heterocycles. The van der Waals surface area contributed by atoms with Crippen LogP contribution in [0.25, 0.3) is 0 Å². The van der Waals surface area contributed by atoms with E-state index in [0.29, 0.717) is 11.8 Å². The number of halogens is 2. The van der Waals surface area contributed by atoms with Crippen LogP contribution in [0.5, 0.6) is 0 Å². The van der Waals surface area contributed by atoms with Gasteiger partial charge in [0.25, 0.3) is 0 Å². The van der Waals surface area contributed by atoms with Gasteiger partial charge in [0.05, 0.1) is 0 Å². The topological polar surface area (TPSA) is 0 Å². The Hall–Kier alpha value is 0.124. The van der Waals surface area contributed by atoms with Crippen molar-refractivity contribution in [1.29, 1.82) is 0 Å². The fourth-order valence-corrected chi connectivity index (χ4v) is 0.970. The Balaban J connectivity index is -0.0000000787. The van der Waals surface area contributed by atoms with E-state index in [-0.39, 0.29) is 24.8 Å². The molecule has 0 fully saturated rings. The van der Waals surface area contributed by atoms with Gasteiger partial charge in [-0.05, 0) is 0 Å². The molecule has 3 heteroatoms. The molecule has 0 spiro atoms. The van der Waals surface area contributed by atoms with Crippen molar-refractivity contribution in [3.8, 4) is 0 Å². The largest absolute Gasteiger partial charge is 1.00 e. The summed E-state index contributed by atoms with van der Waals surface area (Å²) in [4.78, 5) is 3.25. The second kappa shape index (κ2) is 22.3. The molecule has 18 heavy (non-hydrogen) atoms. The first kappa shape index (κ1) is 26.6. The van der Waals surface area contributed by atoms with Crippen molar-refractivity contribution >= 4 is 4.82 Å². The van der Waals surface area contributed by atoms with Crippen LogP contribution in [0.1, 0.15) is 27.7 Å². The summed E-state index contributed by atoms with van der Waals surface area (Å²) in [6.45, 7) is 8.22. The van der Waals surface area contributed by atoms with Crippen LogP contribution in [0.4, 0.5) is 0 Å². The second-order valence-corrected chi connectivity index (χ2v) is 3.01. The van der Waals surface area contributed by atoms with Crippen molar-refractivity contribution in [1.82, 2.24) is 0 Å². The molecule has 2 aliphatic rings. The van der Waals surface area contributed by atoms with Crippen molar-refractivity contribution in [3.63, 3.8) is 0 Å². The molecule has 0 nitrogen and oxygen atoms in total. The van der Waals surface area contributed by atoms with E-state index in [1.807, 2.05) is 38.2 Å². The molecule has 2 rings (SSSR count). The monoisotopic (exact) mass is 320 g/mol. The molecular formula is C15H22Cl2Ti-2. The molecule has 0 aromatic carbocycles. The van der Waals surface area contributed by atoms with Crippen molar-refractivity contribution in [2.75, 3.05) is 0 Å². The van der Waals surface area contributed by atoms with Gasteiger partial charge in [0.15, 0.2) is 0 Å². The predicted molar refractivity (Wildman–Crippen MR) is 70.7 cm³/mol. The molecular weight excluding hydrogens is 299 g/mol. The first-order chi connectivity index (χ1) is 7.79. The third kappa shape index (κ3) is 18.5. The SMILES string of the molecule is CC.CC1[C-]=CC=C1.CC1[C-]=CC=C1.[CH2]=[Ti+2].[Cl-].[Cl-]. The maximum absolute atomic E-state index is 3.25. The number of allylic oxidation sites excluding steroid dienone is 8. The van der Waals surface area contributed by atoms with Gasteiger partial charge in [0.2, 0.25) is 0 Å². The van der Waals surface area contributed by atoms with Crippen molar-refractivity contribution in [2.45, 2.75) is 27.7 Å². The molecule has 2 atom stereocenters. The van der Waals surface area contributed by atoms with Crippen LogP contribution in [-0.4, -0.2) is 4.82 Å². The minimum Gasteiger partial charge on any atom is -1.00 e. The van der Waals surface area contributed by atoms with E-state index in [1.165, 1.54) is 0 Å². The van der Waals surface area contributed by atoms with Crippen LogP contribution < -0.4 is 24.8 Å². The Kier molecular flexibility index (Phi) is 33.0. The van der Waals surface area contributed by atoms with Gasteiger partial charge < -0.3 is 24.8 Å². The third-order valence-electron chi connectivity index (χ3n) is 1.71. The van der Waals surface area contributed by atoms with E-state index < -0.39 is 0 Å². The van der Waals surface area contributed by atoms with Crippen LogP contribution >= 0.6 is 0 Å². The van der Waals surface area contributed by atoms with Gasteiger partial charge in [-0.2, -0.15) is 12.2 Å². The number of hydrogen-bond donors (Lipinski definition) is 0. The molecule has 0 saturated carbocycles. The van der Waals surface area contributed by atoms with Crippen molar-refractivity contribution in [2.24, 2.45) is 11.8 Å². The first-order valence-electron chi connectivity index (χ1n) is 5.66. The summed E-state index contributed by atoms with van der Waals surface area (Å²) in [6, 6.07) is 0. The molecule has 0 N–H and O–H groups in total. The van der Waals surface area contributed by atoms with Crippen molar-refractivity contribution < 1.29 is 44.8 Å². The molecule has 0 bridgehead atoms. The fourth-order valence-electron chi connectivity index (χ4n) is 0.970. The van der Waals surface area contributed by atoms with Gasteiger partial charge in [-0.15, -0.1) is 0 Å². The van der Waals surface area contributed by atoms with Crippen LogP contribution in [-0.2, 0) is 20.0 Å². The minimum absolute atomic E-state index is 0. The third-order valence-corrected chi connectivity index (χ3v) is 1.71. The zero-order chi connectivity index (χ0) is 12.8. The minimum atomic E-state index is 0. The summed E-state index contributed by atoms with van der Waals surface area (Å²) in [7, 11) is 0. The van der Waals surface area contributed by atoms with E-state index in [2.05, 4.69) is 43.0 Å². The van der Waals surface area contributed by atoms with Gasteiger partial charge in [-0.3, -0.25) is 12.2 Å². The van der Waals surface area contributed by atoms with Gasteiger partial charge in [-0.1, -0.05) is 39.5 Å². The van der Waals surface area contributed by atoms with Crippen LogP contribution in [0.3, 0.4) is 0 Å². The maximum atomic E-state index is 3.25. The molecule has 102 valence electrons. The van der Waals surface area contributed by atoms with E-state index in [1.54, 1.807) is 20.0 Å². The van der Waals surface area contributed by atoms with Crippen LogP contribution in [0.2, 0.25) is 0 Å². The summed E-state index contributed by atoms with van der Waals surface area (Å²) in [6.07, 6.45) is 18.3. The smallest absolute Gasteiger partial charge is 1.00 e. The zero-order valence-corrected chi connectivity index (χ0v) is 14.7. The van der Waals surface area contributed by atoms with E-state index >= 15 is 0 Å². The van der Waals surface area contributed by atoms with Gasteiger partial charge in [-0.25, -0.2) is 24.3 Å². The summed E-state index contributed by atoms with van der Waals surface area (Å²) >= 11 is 1.75. The normalized spacial score (nSPS) is 20.1. The Labute approximate surface area is 137 Å². The summed E-state index contributed by atoms with van der Waals surface area (Å²) < 4.78 is 0. The number of hydrogen-bond acceptors (Lipinski definition) is 0. The molecule has 0 aromatic rings. The number of rotatable bonds is 0. The maximum Gasteiger partial charge on any atom is -1.00 e. The van der Waals surface area contributed by atoms with E-state index in [4.69, 9.17) is 0 Å².